The molecule has 0 rings (SSSR count). The van der Waals surface area contributed by atoms with Gasteiger partial charge >= 0.3 is 0 Å². The van der Waals surface area contributed by atoms with Crippen LogP contribution in [0.15, 0.2) is 72.9 Å². The lowest BCUT2D eigenvalue weighted by atomic mass is 10.0. The van der Waals surface area contributed by atoms with Gasteiger partial charge in [0.1, 0.15) is 13.2 Å². The zero-order chi connectivity index (χ0) is 51.3. The first-order valence-electron chi connectivity index (χ1n) is 29.3. The van der Waals surface area contributed by atoms with E-state index in [9.17, 15) is 19.4 Å². The van der Waals surface area contributed by atoms with Crippen molar-refractivity contribution < 1.29 is 32.9 Å². The van der Waals surface area contributed by atoms with Crippen molar-refractivity contribution in [3.63, 3.8) is 0 Å². The summed E-state index contributed by atoms with van der Waals surface area (Å²) in [5.41, 5.74) is 0. The molecule has 3 atom stereocenters. The highest BCUT2D eigenvalue weighted by molar-refractivity contribution is 7.45. The molecule has 0 aromatic rings. The van der Waals surface area contributed by atoms with Gasteiger partial charge in [0.15, 0.2) is 0 Å². The van der Waals surface area contributed by atoms with Crippen LogP contribution in [-0.2, 0) is 18.4 Å². The molecule has 0 spiro atoms. The molecule has 3 unspecified atom stereocenters. The number of hydrogen-bond acceptors (Lipinski definition) is 6. The average Bonchev–Trinajstić information content (AvgIpc) is 3.32. The highest BCUT2D eigenvalue weighted by atomic mass is 31.2. The number of quaternary nitrogens is 1. The van der Waals surface area contributed by atoms with E-state index < -0.39 is 26.6 Å². The number of carbonyl (C=O) groups excluding carboxylic acids is 1. The van der Waals surface area contributed by atoms with Crippen LogP contribution in [-0.4, -0.2) is 68.5 Å². The van der Waals surface area contributed by atoms with Crippen LogP contribution in [0.1, 0.15) is 258 Å². The summed E-state index contributed by atoms with van der Waals surface area (Å²) in [5.74, 6) is -0.224. The minimum Gasteiger partial charge on any atom is -0.756 e. The van der Waals surface area contributed by atoms with Crippen LogP contribution in [0, 0.1) is 0 Å². The van der Waals surface area contributed by atoms with Gasteiger partial charge in [-0.15, -0.1) is 0 Å². The summed E-state index contributed by atoms with van der Waals surface area (Å²) in [6, 6.07) is -0.922. The van der Waals surface area contributed by atoms with Gasteiger partial charge in [-0.3, -0.25) is 9.36 Å². The van der Waals surface area contributed by atoms with E-state index in [0.29, 0.717) is 17.4 Å². The molecule has 9 heteroatoms. The zero-order valence-corrected chi connectivity index (χ0v) is 47.4. The van der Waals surface area contributed by atoms with Gasteiger partial charge in [0.05, 0.1) is 39.9 Å². The molecule has 0 saturated carbocycles. The van der Waals surface area contributed by atoms with Crippen LogP contribution in [0.3, 0.4) is 0 Å². The second-order valence-corrected chi connectivity index (χ2v) is 22.4. The lowest BCUT2D eigenvalue weighted by molar-refractivity contribution is -0.870. The molecule has 2 N–H and O–H groups in total. The topological polar surface area (TPSA) is 108 Å². The van der Waals surface area contributed by atoms with Crippen molar-refractivity contribution >= 4 is 13.7 Å². The maximum atomic E-state index is 13.0. The maximum absolute atomic E-state index is 13.0. The van der Waals surface area contributed by atoms with Gasteiger partial charge < -0.3 is 28.8 Å². The minimum atomic E-state index is -4.62. The number of phosphoric ester groups is 1. The fourth-order valence-electron chi connectivity index (χ4n) is 8.25. The molecule has 0 heterocycles. The Morgan fingerprint density at radius 2 is 0.843 bits per heavy atom. The first-order chi connectivity index (χ1) is 34.0. The quantitative estimate of drug-likeness (QED) is 0.0272. The van der Waals surface area contributed by atoms with Crippen molar-refractivity contribution in [2.24, 2.45) is 0 Å². The number of rotatable bonds is 53. The number of aliphatic hydroxyl groups excluding tert-OH is 1. The first kappa shape index (κ1) is 67.9. The number of likely N-dealkylation sites (N-methyl/N-ethyl adjacent to an activating group) is 1. The van der Waals surface area contributed by atoms with Crippen molar-refractivity contribution in [2.45, 2.75) is 270 Å². The maximum Gasteiger partial charge on any atom is 0.268 e. The van der Waals surface area contributed by atoms with Gasteiger partial charge in [0.2, 0.25) is 5.91 Å². The lowest BCUT2D eigenvalue weighted by Crippen LogP contribution is -2.45. The largest absolute Gasteiger partial charge is 0.756 e. The number of carbonyl (C=O) groups is 1. The van der Waals surface area contributed by atoms with E-state index >= 15 is 0 Å². The number of nitrogens with zero attached hydrogens (tertiary/aromatic N) is 1. The number of allylic oxidation sites excluding steroid dienone is 11. The minimum absolute atomic E-state index is 0.0148. The number of hydrogen-bond donors (Lipinski definition) is 2. The second-order valence-electron chi connectivity index (χ2n) is 21.0. The van der Waals surface area contributed by atoms with Crippen LogP contribution in [0.4, 0.5) is 0 Å². The summed E-state index contributed by atoms with van der Waals surface area (Å²) in [5, 5.41) is 13.9. The molecule has 0 fully saturated rings. The summed E-state index contributed by atoms with van der Waals surface area (Å²) >= 11 is 0. The highest BCUT2D eigenvalue weighted by Crippen LogP contribution is 2.38. The Morgan fingerprint density at radius 3 is 1.26 bits per heavy atom. The van der Waals surface area contributed by atoms with Crippen LogP contribution < -0.4 is 10.2 Å². The van der Waals surface area contributed by atoms with E-state index in [1.54, 1.807) is 6.08 Å². The third-order valence-corrected chi connectivity index (χ3v) is 13.8. The average molecular weight is 1000 g/mol. The number of amides is 1. The monoisotopic (exact) mass is 1000 g/mol. The molecule has 0 aliphatic heterocycles. The fourth-order valence-corrected chi connectivity index (χ4v) is 8.97. The van der Waals surface area contributed by atoms with Gasteiger partial charge in [0, 0.05) is 6.42 Å². The molecule has 0 bridgehead atoms. The van der Waals surface area contributed by atoms with E-state index in [2.05, 4.69) is 79.9 Å². The molecule has 0 aromatic carbocycles. The molecular weight excluding hydrogens is 888 g/mol. The van der Waals surface area contributed by atoms with E-state index in [1.165, 1.54) is 167 Å². The Kier molecular flexibility index (Phi) is 50.3. The predicted octanol–water partition coefficient (Wildman–Crippen LogP) is 17.2. The van der Waals surface area contributed by atoms with Crippen molar-refractivity contribution in [1.82, 2.24) is 5.32 Å². The molecule has 0 saturated heterocycles. The normalized spacial score (nSPS) is 14.4. The van der Waals surface area contributed by atoms with Gasteiger partial charge in [-0.2, -0.15) is 0 Å². The Hall–Kier alpha value is -2.06. The van der Waals surface area contributed by atoms with E-state index in [1.807, 2.05) is 27.2 Å². The van der Waals surface area contributed by atoms with E-state index in [4.69, 9.17) is 9.05 Å². The number of aliphatic hydroxyl groups is 1. The van der Waals surface area contributed by atoms with Crippen LogP contribution in [0.5, 0.6) is 0 Å². The second kappa shape index (κ2) is 51.8. The molecule has 1 amide bonds. The van der Waals surface area contributed by atoms with Crippen molar-refractivity contribution in [1.29, 1.82) is 0 Å². The number of nitrogens with one attached hydrogen (secondary N) is 1. The van der Waals surface area contributed by atoms with Crippen LogP contribution >= 0.6 is 7.82 Å². The molecule has 0 aromatic heterocycles. The smallest absolute Gasteiger partial charge is 0.268 e. The third kappa shape index (κ3) is 53.7. The van der Waals surface area contributed by atoms with E-state index in [-0.39, 0.29) is 12.5 Å². The van der Waals surface area contributed by atoms with Gasteiger partial charge in [-0.05, 0) is 83.5 Å². The summed E-state index contributed by atoms with van der Waals surface area (Å²) in [4.78, 5) is 25.5. The number of phosphoric acid groups is 1. The van der Waals surface area contributed by atoms with Gasteiger partial charge in [-0.25, -0.2) is 0 Å². The lowest BCUT2D eigenvalue weighted by Gasteiger charge is -2.29. The van der Waals surface area contributed by atoms with Gasteiger partial charge in [-0.1, -0.05) is 241 Å². The van der Waals surface area contributed by atoms with Crippen LogP contribution in [0.2, 0.25) is 0 Å². The molecule has 408 valence electrons. The standard InChI is InChI=1S/C61H113N2O6P/c1-6-8-10-12-14-16-18-20-22-24-26-28-29-30-31-32-33-35-36-38-40-42-44-46-48-50-52-54-60(64)59(58-69-70(66,67)68-57-56-63(3,4)5)62-61(65)55-53-51-49-47-45-43-41-39-37-34-27-25-23-21-19-17-15-13-11-9-7-2/h19,21,25,27,36-39,44,46,52,54,59-60,64H,6-18,20,22-24,26,28-35,40-43,45,47-51,53,55-58H2,1-5H3,(H-,62,65,66,67)/b21-19-,27-25-,38-36+,39-37-,46-44+,54-52+. The summed E-state index contributed by atoms with van der Waals surface area (Å²) in [7, 11) is 1.22. The van der Waals surface area contributed by atoms with Crippen molar-refractivity contribution in [2.75, 3.05) is 40.9 Å². The molecule has 0 aliphatic carbocycles. The Labute approximate surface area is 434 Å². The Morgan fingerprint density at radius 1 is 0.500 bits per heavy atom. The van der Waals surface area contributed by atoms with Crippen molar-refractivity contribution in [3.05, 3.63) is 72.9 Å². The molecular formula is C61H113N2O6P. The molecule has 70 heavy (non-hydrogen) atoms. The third-order valence-electron chi connectivity index (χ3n) is 12.9. The van der Waals surface area contributed by atoms with E-state index in [0.717, 1.165) is 70.6 Å². The Balaban J connectivity index is 4.32. The molecule has 8 nitrogen and oxygen atoms in total. The zero-order valence-electron chi connectivity index (χ0n) is 46.5. The number of unbranched alkanes of at least 4 members (excludes halogenated alkanes) is 30. The van der Waals surface area contributed by atoms with Crippen molar-refractivity contribution in [3.8, 4) is 0 Å². The van der Waals surface area contributed by atoms with Crippen LogP contribution in [0.25, 0.3) is 0 Å². The summed E-state index contributed by atoms with van der Waals surface area (Å²) in [6.07, 6.45) is 71.3. The van der Waals surface area contributed by atoms with Gasteiger partial charge in [0.25, 0.3) is 7.82 Å². The molecule has 0 aliphatic rings. The molecule has 0 radical (unpaired) electrons. The predicted molar refractivity (Wildman–Crippen MR) is 302 cm³/mol. The summed E-state index contributed by atoms with van der Waals surface area (Å²) in [6.45, 7) is 4.61. The summed E-state index contributed by atoms with van der Waals surface area (Å²) < 4.78 is 23.3. The highest BCUT2D eigenvalue weighted by Gasteiger charge is 2.23. The SMILES string of the molecule is CCCCCCC/C=C\C/C=C\C/C=C\CCCCCCCCC(=O)NC(COP(=O)([O-])OCC[N+](C)(C)C)C(O)/C=C/CC/C=C/CC/C=C/CCCCCCCCCCCCCCCCCCC. The fraction of sp³-hybridized carbons (Fsp3) is 0.787. The first-order valence-corrected chi connectivity index (χ1v) is 30.8. The Bertz CT molecular complexity index is 1370.